The number of nitrogens with two attached hydrogens (primary N) is 1. The van der Waals surface area contributed by atoms with Gasteiger partial charge in [-0.1, -0.05) is 42.5 Å². The fourth-order valence-corrected chi connectivity index (χ4v) is 1.85. The summed E-state index contributed by atoms with van der Waals surface area (Å²) in [6, 6.07) is 10.7. The maximum Gasteiger partial charge on any atom is 0.407 e. The summed E-state index contributed by atoms with van der Waals surface area (Å²) in [5.74, 6) is -0.873. The Balaban J connectivity index is 1.81. The number of pyridine rings is 1. The van der Waals surface area contributed by atoms with E-state index in [0.29, 0.717) is 5.56 Å². The number of ether oxygens (including phenoxy) is 1. The van der Waals surface area contributed by atoms with E-state index in [2.05, 4.69) is 10.3 Å². The first kappa shape index (κ1) is 17.0. The minimum absolute atomic E-state index is 0.0408. The van der Waals surface area contributed by atoms with E-state index >= 15 is 0 Å². The van der Waals surface area contributed by atoms with E-state index in [1.54, 1.807) is 12.2 Å². The van der Waals surface area contributed by atoms with Crippen molar-refractivity contribution in [3.05, 3.63) is 65.4 Å². The number of aromatic carboxylic acids is 1. The summed E-state index contributed by atoms with van der Waals surface area (Å²) in [6.07, 6.45) is 3.86. The normalized spacial score (nSPS) is 10.5. The lowest BCUT2D eigenvalue weighted by atomic mass is 10.2. The van der Waals surface area contributed by atoms with Crippen LogP contribution in [0, 0.1) is 0 Å². The average Bonchev–Trinajstić information content (AvgIpc) is 2.59. The van der Waals surface area contributed by atoms with Gasteiger partial charge in [0.15, 0.2) is 0 Å². The number of carbonyl (C=O) groups excluding carboxylic acids is 1. The molecule has 2 rings (SSSR count). The number of hydrogen-bond acceptors (Lipinski definition) is 5. The van der Waals surface area contributed by atoms with Gasteiger partial charge in [-0.2, -0.15) is 0 Å². The Morgan fingerprint density at radius 2 is 2.04 bits per heavy atom. The van der Waals surface area contributed by atoms with Gasteiger partial charge in [0.25, 0.3) is 0 Å². The van der Waals surface area contributed by atoms with Crippen molar-refractivity contribution < 1.29 is 19.4 Å². The van der Waals surface area contributed by atoms with Gasteiger partial charge in [0.05, 0.1) is 5.56 Å². The number of hydrogen-bond donors (Lipinski definition) is 3. The number of anilines is 1. The average molecular weight is 327 g/mol. The first-order chi connectivity index (χ1) is 11.6. The predicted octanol–water partition coefficient (Wildman–Crippen LogP) is 2.30. The summed E-state index contributed by atoms with van der Waals surface area (Å²) in [7, 11) is 0. The molecule has 7 nitrogen and oxygen atoms in total. The summed E-state index contributed by atoms with van der Waals surface area (Å²) in [6.45, 7) is 0.401. The van der Waals surface area contributed by atoms with Crippen molar-refractivity contribution in [3.63, 3.8) is 0 Å². The van der Waals surface area contributed by atoms with Crippen LogP contribution >= 0.6 is 0 Å². The number of carboxylic acids is 1. The number of benzene rings is 1. The largest absolute Gasteiger partial charge is 0.478 e. The molecule has 4 N–H and O–H groups in total. The van der Waals surface area contributed by atoms with Crippen LogP contribution in [-0.4, -0.2) is 28.7 Å². The number of carbonyl (C=O) groups is 2. The minimum Gasteiger partial charge on any atom is -0.478 e. The van der Waals surface area contributed by atoms with Crippen LogP contribution in [0.3, 0.4) is 0 Å². The minimum atomic E-state index is -1.08. The van der Waals surface area contributed by atoms with Gasteiger partial charge in [-0.15, -0.1) is 0 Å². The lowest BCUT2D eigenvalue weighted by Gasteiger charge is -2.05. The Morgan fingerprint density at radius 3 is 2.75 bits per heavy atom. The maximum absolute atomic E-state index is 11.6. The highest BCUT2D eigenvalue weighted by molar-refractivity contribution is 5.88. The van der Waals surface area contributed by atoms with Crippen molar-refractivity contribution in [1.82, 2.24) is 10.3 Å². The Hall–Kier alpha value is -3.35. The number of alkyl carbamates (subject to hydrolysis) is 1. The Labute approximate surface area is 138 Å². The highest BCUT2D eigenvalue weighted by Crippen LogP contribution is 2.12. The summed E-state index contributed by atoms with van der Waals surface area (Å²) >= 11 is 0. The molecule has 0 fully saturated rings. The summed E-state index contributed by atoms with van der Waals surface area (Å²) < 4.78 is 5.06. The second-order valence-electron chi connectivity index (χ2n) is 4.85. The van der Waals surface area contributed by atoms with Crippen LogP contribution in [0.15, 0.2) is 48.7 Å². The fraction of sp³-hybridized carbons (Fsp3) is 0.118. The molecular formula is C17H17N3O4. The van der Waals surface area contributed by atoms with Crippen LogP contribution < -0.4 is 11.1 Å². The van der Waals surface area contributed by atoms with Crippen LogP contribution in [-0.2, 0) is 11.3 Å². The summed E-state index contributed by atoms with van der Waals surface area (Å²) in [5, 5.41) is 11.5. The molecule has 0 aliphatic rings. The molecule has 7 heteroatoms. The van der Waals surface area contributed by atoms with Crippen LogP contribution in [0.5, 0.6) is 0 Å². The zero-order valence-electron chi connectivity index (χ0n) is 12.8. The van der Waals surface area contributed by atoms with Gasteiger partial charge >= 0.3 is 12.1 Å². The van der Waals surface area contributed by atoms with Gasteiger partial charge in [-0.3, -0.25) is 0 Å². The van der Waals surface area contributed by atoms with Crippen molar-refractivity contribution in [2.45, 2.75) is 6.61 Å². The number of nitrogens with one attached hydrogen (secondary N) is 1. The van der Waals surface area contributed by atoms with Gasteiger partial charge < -0.3 is 20.9 Å². The van der Waals surface area contributed by atoms with Crippen LogP contribution in [0.1, 0.15) is 21.5 Å². The SMILES string of the molecule is Nc1ncc(C(=O)O)cc1C=CCNC(=O)OCc1ccccc1. The summed E-state index contributed by atoms with van der Waals surface area (Å²) in [4.78, 5) is 26.3. The number of aromatic nitrogens is 1. The molecule has 1 aromatic carbocycles. The number of rotatable bonds is 6. The third-order valence-electron chi connectivity index (χ3n) is 3.07. The number of carboxylic acid groups (broad SMARTS) is 1. The topological polar surface area (TPSA) is 115 Å². The zero-order valence-corrected chi connectivity index (χ0v) is 12.8. The smallest absolute Gasteiger partial charge is 0.407 e. The Kier molecular flexibility index (Phi) is 5.90. The summed E-state index contributed by atoms with van der Waals surface area (Å²) in [5.41, 5.74) is 7.08. The zero-order chi connectivity index (χ0) is 17.4. The van der Waals surface area contributed by atoms with Gasteiger partial charge in [0.1, 0.15) is 12.4 Å². The van der Waals surface area contributed by atoms with E-state index in [9.17, 15) is 9.59 Å². The van der Waals surface area contributed by atoms with E-state index in [1.165, 1.54) is 12.3 Å². The predicted molar refractivity (Wildman–Crippen MR) is 89.3 cm³/mol. The number of nitrogen functional groups attached to an aromatic ring is 1. The molecule has 1 amide bonds. The van der Waals surface area contributed by atoms with Crippen LogP contribution in [0.25, 0.3) is 6.08 Å². The third-order valence-corrected chi connectivity index (χ3v) is 3.07. The molecule has 24 heavy (non-hydrogen) atoms. The molecule has 0 aliphatic carbocycles. The van der Waals surface area contributed by atoms with Gasteiger partial charge in [-0.25, -0.2) is 14.6 Å². The molecular weight excluding hydrogens is 310 g/mol. The standard InChI is InChI=1S/C17H17N3O4/c18-15-13(9-14(10-20-15)16(21)22)7-4-8-19-17(23)24-11-12-5-2-1-3-6-12/h1-7,9-10H,8,11H2,(H2,18,20)(H,19,23)(H,21,22). The molecule has 0 atom stereocenters. The molecule has 124 valence electrons. The molecule has 0 aliphatic heterocycles. The van der Waals surface area contributed by atoms with E-state index < -0.39 is 12.1 Å². The Bertz CT molecular complexity index is 745. The molecule has 0 radical (unpaired) electrons. The molecule has 0 unspecified atom stereocenters. The van der Waals surface area contributed by atoms with Gasteiger partial charge in [0.2, 0.25) is 0 Å². The van der Waals surface area contributed by atoms with E-state index in [-0.39, 0.29) is 24.5 Å². The second-order valence-corrected chi connectivity index (χ2v) is 4.85. The third kappa shape index (κ3) is 5.13. The van der Waals surface area contributed by atoms with Crippen LogP contribution in [0.2, 0.25) is 0 Å². The monoisotopic (exact) mass is 327 g/mol. The molecule has 0 spiro atoms. The second kappa shape index (κ2) is 8.33. The lowest BCUT2D eigenvalue weighted by Crippen LogP contribution is -2.24. The lowest BCUT2D eigenvalue weighted by molar-refractivity contribution is 0.0696. The van der Waals surface area contributed by atoms with Crippen molar-refractivity contribution in [3.8, 4) is 0 Å². The molecule has 0 saturated heterocycles. The fourth-order valence-electron chi connectivity index (χ4n) is 1.85. The molecule has 0 saturated carbocycles. The van der Waals surface area contributed by atoms with Crippen molar-refractivity contribution >= 4 is 24.0 Å². The Morgan fingerprint density at radius 1 is 1.29 bits per heavy atom. The van der Waals surface area contributed by atoms with E-state index in [0.717, 1.165) is 5.56 Å². The first-order valence-electron chi connectivity index (χ1n) is 7.16. The number of amides is 1. The molecule has 0 bridgehead atoms. The van der Waals surface area contributed by atoms with Gasteiger partial charge in [0, 0.05) is 18.3 Å². The highest BCUT2D eigenvalue weighted by Gasteiger charge is 2.06. The molecule has 1 heterocycles. The molecule has 2 aromatic rings. The van der Waals surface area contributed by atoms with Crippen molar-refractivity contribution in [1.29, 1.82) is 0 Å². The number of nitrogens with zero attached hydrogens (tertiary/aromatic N) is 1. The van der Waals surface area contributed by atoms with E-state index in [1.807, 2.05) is 30.3 Å². The first-order valence-corrected chi connectivity index (χ1v) is 7.16. The van der Waals surface area contributed by atoms with Crippen LogP contribution in [0.4, 0.5) is 10.6 Å². The quantitative estimate of drug-likeness (QED) is 0.750. The van der Waals surface area contributed by atoms with E-state index in [4.69, 9.17) is 15.6 Å². The van der Waals surface area contributed by atoms with Crippen molar-refractivity contribution in [2.24, 2.45) is 0 Å². The highest BCUT2D eigenvalue weighted by atomic mass is 16.5. The maximum atomic E-state index is 11.6. The molecule has 1 aromatic heterocycles. The van der Waals surface area contributed by atoms with Crippen molar-refractivity contribution in [2.75, 3.05) is 12.3 Å². The van der Waals surface area contributed by atoms with Gasteiger partial charge in [-0.05, 0) is 11.6 Å².